The smallest absolute Gasteiger partial charge is 0.274 e. The number of rotatable bonds is 22. The van der Waals surface area contributed by atoms with Crippen molar-refractivity contribution < 1.29 is 4.74 Å². The van der Waals surface area contributed by atoms with Crippen LogP contribution in [0, 0.1) is 5.92 Å². The molecule has 4 aromatic rings. The molecule has 4 rings (SSSR count). The fourth-order valence-corrected chi connectivity index (χ4v) is 8.56. The SMILES string of the molecule is CC(C)CC(C)Oc1nc2ccccc2s1.CCCCCCCCCCCCCCCCCCSc1nc2ccccc2s1. The van der Waals surface area contributed by atoms with Gasteiger partial charge in [-0.25, -0.2) is 9.97 Å². The van der Waals surface area contributed by atoms with Crippen molar-refractivity contribution in [2.24, 2.45) is 5.92 Å². The van der Waals surface area contributed by atoms with Crippen LogP contribution < -0.4 is 4.74 Å². The Morgan fingerprint density at radius 1 is 0.614 bits per heavy atom. The van der Waals surface area contributed by atoms with Crippen LogP contribution in [0.25, 0.3) is 20.4 Å². The van der Waals surface area contributed by atoms with Gasteiger partial charge >= 0.3 is 0 Å². The summed E-state index contributed by atoms with van der Waals surface area (Å²) >= 11 is 5.40. The van der Waals surface area contributed by atoms with E-state index in [0.717, 1.165) is 22.6 Å². The molecule has 3 nitrogen and oxygen atoms in total. The van der Waals surface area contributed by atoms with Gasteiger partial charge in [0.1, 0.15) is 0 Å². The van der Waals surface area contributed by atoms with Gasteiger partial charge in [-0.05, 0) is 49.9 Å². The predicted molar refractivity (Wildman–Crippen MR) is 199 cm³/mol. The van der Waals surface area contributed by atoms with Crippen molar-refractivity contribution >= 4 is 54.9 Å². The monoisotopic (exact) mass is 654 g/mol. The summed E-state index contributed by atoms with van der Waals surface area (Å²) in [7, 11) is 0. The first-order valence-electron chi connectivity index (χ1n) is 17.6. The van der Waals surface area contributed by atoms with Gasteiger partial charge in [0.15, 0.2) is 4.34 Å². The molecule has 0 aliphatic rings. The number of nitrogens with zero attached hydrogens (tertiary/aromatic N) is 2. The molecule has 2 aromatic carbocycles. The fraction of sp³-hybridized carbons (Fsp3) is 0.632. The normalized spacial score (nSPS) is 12.1. The topological polar surface area (TPSA) is 35.0 Å². The lowest BCUT2D eigenvalue weighted by Crippen LogP contribution is -2.14. The number of thioether (sulfide) groups is 1. The quantitative estimate of drug-likeness (QED) is 0.0624. The van der Waals surface area contributed by atoms with Gasteiger partial charge in [0.25, 0.3) is 5.19 Å². The maximum absolute atomic E-state index is 5.82. The highest BCUT2D eigenvalue weighted by Gasteiger charge is 2.10. The molecule has 1 unspecified atom stereocenters. The van der Waals surface area contributed by atoms with Crippen molar-refractivity contribution in [2.45, 2.75) is 147 Å². The Hall–Kier alpha value is -1.63. The highest BCUT2D eigenvalue weighted by atomic mass is 32.2. The zero-order valence-corrected chi connectivity index (χ0v) is 30.5. The van der Waals surface area contributed by atoms with E-state index >= 15 is 0 Å². The van der Waals surface area contributed by atoms with Gasteiger partial charge in [-0.1, -0.05) is 164 Å². The third kappa shape index (κ3) is 15.6. The summed E-state index contributed by atoms with van der Waals surface area (Å²) in [5.41, 5.74) is 2.18. The minimum absolute atomic E-state index is 0.237. The fourth-order valence-electron chi connectivity index (χ4n) is 5.51. The van der Waals surface area contributed by atoms with E-state index in [4.69, 9.17) is 9.72 Å². The summed E-state index contributed by atoms with van der Waals surface area (Å²) in [5, 5.41) is 0.786. The van der Waals surface area contributed by atoms with Gasteiger partial charge in [-0.2, -0.15) is 0 Å². The first-order chi connectivity index (χ1) is 21.5. The number of hydrogen-bond acceptors (Lipinski definition) is 6. The van der Waals surface area contributed by atoms with Crippen LogP contribution in [0.4, 0.5) is 0 Å². The molecule has 44 heavy (non-hydrogen) atoms. The molecule has 0 fully saturated rings. The van der Waals surface area contributed by atoms with E-state index in [-0.39, 0.29) is 6.10 Å². The van der Waals surface area contributed by atoms with Crippen molar-refractivity contribution in [1.82, 2.24) is 9.97 Å². The number of hydrogen-bond donors (Lipinski definition) is 0. The Bertz CT molecular complexity index is 1200. The highest BCUT2D eigenvalue weighted by Crippen LogP contribution is 2.30. The zero-order chi connectivity index (χ0) is 31.2. The number of fused-ring (bicyclic) bond motifs is 2. The molecule has 2 heterocycles. The third-order valence-corrected chi connectivity index (χ3v) is 11.1. The molecular weight excluding hydrogens is 597 g/mol. The van der Waals surface area contributed by atoms with Gasteiger partial charge in [0.05, 0.1) is 26.5 Å². The van der Waals surface area contributed by atoms with Crippen LogP contribution in [-0.4, -0.2) is 21.8 Å². The average Bonchev–Trinajstić information content (AvgIpc) is 3.61. The van der Waals surface area contributed by atoms with Crippen LogP contribution in [0.15, 0.2) is 52.9 Å². The Kier molecular flexibility index (Phi) is 19.1. The summed E-state index contributed by atoms with van der Waals surface area (Å²) in [4.78, 5) is 9.16. The van der Waals surface area contributed by atoms with Crippen molar-refractivity contribution in [3.63, 3.8) is 0 Å². The molecule has 244 valence electrons. The first-order valence-corrected chi connectivity index (χ1v) is 20.2. The van der Waals surface area contributed by atoms with Gasteiger partial charge in [0.2, 0.25) is 0 Å². The Labute approximate surface area is 281 Å². The number of benzene rings is 2. The Balaban J connectivity index is 0.000000278. The highest BCUT2D eigenvalue weighted by molar-refractivity contribution is 8.01. The molecule has 0 amide bonds. The second-order valence-electron chi connectivity index (χ2n) is 12.6. The lowest BCUT2D eigenvalue weighted by atomic mass is 10.0. The van der Waals surface area contributed by atoms with Crippen LogP contribution in [0.5, 0.6) is 5.19 Å². The molecule has 0 bridgehead atoms. The molecule has 0 saturated heterocycles. The Morgan fingerprint density at radius 2 is 1.09 bits per heavy atom. The second-order valence-corrected chi connectivity index (χ2v) is 16.0. The molecule has 2 aromatic heterocycles. The van der Waals surface area contributed by atoms with E-state index in [2.05, 4.69) is 63.0 Å². The van der Waals surface area contributed by atoms with E-state index < -0.39 is 0 Å². The van der Waals surface area contributed by atoms with Gasteiger partial charge < -0.3 is 4.74 Å². The maximum atomic E-state index is 5.82. The van der Waals surface area contributed by atoms with Crippen molar-refractivity contribution in [1.29, 1.82) is 0 Å². The van der Waals surface area contributed by atoms with Crippen molar-refractivity contribution in [3.05, 3.63) is 48.5 Å². The van der Waals surface area contributed by atoms with Crippen molar-refractivity contribution in [2.75, 3.05) is 5.75 Å². The van der Waals surface area contributed by atoms with E-state index in [1.54, 1.807) is 11.3 Å². The van der Waals surface area contributed by atoms with Crippen molar-refractivity contribution in [3.8, 4) is 5.19 Å². The van der Waals surface area contributed by atoms with E-state index in [1.807, 2.05) is 41.3 Å². The summed E-state index contributed by atoms with van der Waals surface area (Å²) in [6, 6.07) is 16.6. The van der Waals surface area contributed by atoms with Crippen LogP contribution in [0.3, 0.4) is 0 Å². The summed E-state index contributed by atoms with van der Waals surface area (Å²) in [5.74, 6) is 1.88. The molecule has 6 heteroatoms. The third-order valence-electron chi connectivity index (χ3n) is 7.88. The van der Waals surface area contributed by atoms with E-state index in [0.29, 0.717) is 5.92 Å². The molecule has 0 aliphatic heterocycles. The summed E-state index contributed by atoms with van der Waals surface area (Å²) in [6.45, 7) is 8.81. The largest absolute Gasteiger partial charge is 0.467 e. The lowest BCUT2D eigenvalue weighted by molar-refractivity contribution is 0.193. The van der Waals surface area contributed by atoms with Gasteiger partial charge in [-0.3, -0.25) is 0 Å². The van der Waals surface area contributed by atoms with E-state index in [1.165, 1.54) is 122 Å². The number of aromatic nitrogens is 2. The summed E-state index contributed by atoms with van der Waals surface area (Å²) in [6.07, 6.45) is 24.3. The molecule has 1 atom stereocenters. The molecular formula is C38H58N2OS3. The minimum Gasteiger partial charge on any atom is -0.467 e. The molecule has 0 N–H and O–H groups in total. The number of para-hydroxylation sites is 2. The predicted octanol–water partition coefficient (Wildman–Crippen LogP) is 13.8. The second kappa shape index (κ2) is 22.8. The van der Waals surface area contributed by atoms with E-state index in [9.17, 15) is 0 Å². The standard InChI is InChI=1S/C25H41NS2.C13H17NOS/c1-2-3-4-5-6-7-8-9-10-11-12-13-14-15-16-19-22-27-25-26-23-20-17-18-21-24(23)28-25;1-9(2)8-10(3)15-13-14-11-6-4-5-7-12(11)16-13/h17-18,20-21H,2-16,19,22H2,1H3;4-7,9-10H,8H2,1-3H3. The average molecular weight is 655 g/mol. The van der Waals surface area contributed by atoms with Gasteiger partial charge in [0, 0.05) is 5.75 Å². The van der Waals surface area contributed by atoms with Crippen LogP contribution >= 0.6 is 34.4 Å². The Morgan fingerprint density at radius 3 is 1.59 bits per heavy atom. The summed E-state index contributed by atoms with van der Waals surface area (Å²) < 4.78 is 9.56. The van der Waals surface area contributed by atoms with Crippen LogP contribution in [-0.2, 0) is 0 Å². The van der Waals surface area contributed by atoms with Crippen LogP contribution in [0.1, 0.15) is 137 Å². The maximum Gasteiger partial charge on any atom is 0.274 e. The number of thiazole rings is 2. The molecule has 0 aliphatic carbocycles. The van der Waals surface area contributed by atoms with Crippen LogP contribution in [0.2, 0.25) is 0 Å². The number of unbranched alkanes of at least 4 members (excludes halogenated alkanes) is 15. The van der Waals surface area contributed by atoms with Gasteiger partial charge in [-0.15, -0.1) is 11.3 Å². The molecule has 0 spiro atoms. The zero-order valence-electron chi connectivity index (χ0n) is 28.0. The first kappa shape index (κ1) is 36.8. The number of ether oxygens (including phenoxy) is 1. The minimum atomic E-state index is 0.237. The molecule has 0 saturated carbocycles. The lowest BCUT2D eigenvalue weighted by Gasteiger charge is -2.13. The molecule has 0 radical (unpaired) electrons.